The second kappa shape index (κ2) is 4.94. The van der Waals surface area contributed by atoms with Gasteiger partial charge in [-0.05, 0) is 55.7 Å². The van der Waals surface area contributed by atoms with Crippen LogP contribution in [0, 0.1) is 11.6 Å². The fraction of sp³-hybridized carbons (Fsp3) is 0.538. The Kier molecular flexibility index (Phi) is 3.73. The third-order valence-corrected chi connectivity index (χ3v) is 5.14. The topological polar surface area (TPSA) is 26.0 Å². The molecule has 1 aromatic rings. The molecule has 0 radical (unpaired) electrons. The fourth-order valence-corrected chi connectivity index (χ4v) is 3.59. The minimum absolute atomic E-state index is 0.00123. The van der Waals surface area contributed by atoms with Crippen molar-refractivity contribution in [2.75, 3.05) is 5.75 Å². The van der Waals surface area contributed by atoms with Crippen LogP contribution in [-0.2, 0) is 6.42 Å². The summed E-state index contributed by atoms with van der Waals surface area (Å²) in [6.45, 7) is 2.12. The zero-order chi connectivity index (χ0) is 12.5. The second-order valence-electron chi connectivity index (χ2n) is 4.81. The lowest BCUT2D eigenvalue weighted by Gasteiger charge is -2.30. The normalized spacial score (nSPS) is 26.1. The van der Waals surface area contributed by atoms with Crippen LogP contribution in [0.3, 0.4) is 0 Å². The molecule has 2 N–H and O–H groups in total. The Labute approximate surface area is 105 Å². The van der Waals surface area contributed by atoms with E-state index in [0.717, 1.165) is 24.7 Å². The lowest BCUT2D eigenvalue weighted by atomic mass is 9.91. The first kappa shape index (κ1) is 12.8. The zero-order valence-electron chi connectivity index (χ0n) is 9.88. The fourth-order valence-electron chi connectivity index (χ4n) is 2.25. The van der Waals surface area contributed by atoms with Gasteiger partial charge in [0.05, 0.1) is 0 Å². The minimum Gasteiger partial charge on any atom is -0.326 e. The summed E-state index contributed by atoms with van der Waals surface area (Å²) in [7, 11) is 0. The van der Waals surface area contributed by atoms with Gasteiger partial charge in [0.2, 0.25) is 0 Å². The molecule has 0 aliphatic carbocycles. The van der Waals surface area contributed by atoms with Crippen molar-refractivity contribution >= 4 is 11.8 Å². The van der Waals surface area contributed by atoms with Gasteiger partial charge in [-0.25, -0.2) is 8.78 Å². The van der Waals surface area contributed by atoms with Crippen molar-refractivity contribution in [3.05, 3.63) is 35.4 Å². The second-order valence-corrected chi connectivity index (χ2v) is 6.44. The van der Waals surface area contributed by atoms with Gasteiger partial charge in [-0.2, -0.15) is 11.8 Å². The van der Waals surface area contributed by atoms with Gasteiger partial charge in [-0.3, -0.25) is 0 Å². The Balaban J connectivity index is 2.12. The highest BCUT2D eigenvalue weighted by molar-refractivity contribution is 8.00. The molecule has 0 aromatic heterocycles. The maximum atomic E-state index is 13.5. The van der Waals surface area contributed by atoms with Gasteiger partial charge in [0.25, 0.3) is 0 Å². The quantitative estimate of drug-likeness (QED) is 0.900. The van der Waals surface area contributed by atoms with Crippen LogP contribution >= 0.6 is 11.8 Å². The van der Waals surface area contributed by atoms with Crippen molar-refractivity contribution in [1.29, 1.82) is 0 Å². The predicted octanol–water partition coefficient (Wildman–Crippen LogP) is 3.12. The van der Waals surface area contributed by atoms with E-state index in [2.05, 4.69) is 6.92 Å². The minimum atomic E-state index is -0.405. The summed E-state index contributed by atoms with van der Waals surface area (Å²) in [4.78, 5) is 0. The van der Waals surface area contributed by atoms with E-state index in [1.807, 2.05) is 11.8 Å². The van der Waals surface area contributed by atoms with E-state index >= 15 is 0 Å². The van der Waals surface area contributed by atoms with Crippen LogP contribution in [-0.4, -0.2) is 16.5 Å². The largest absolute Gasteiger partial charge is 0.326 e. The lowest BCUT2D eigenvalue weighted by molar-refractivity contribution is 0.471. The first-order valence-electron chi connectivity index (χ1n) is 5.85. The van der Waals surface area contributed by atoms with Crippen LogP contribution in [0.4, 0.5) is 8.78 Å². The molecule has 94 valence electrons. The van der Waals surface area contributed by atoms with Gasteiger partial charge in [0, 0.05) is 10.8 Å². The van der Waals surface area contributed by atoms with E-state index in [1.165, 1.54) is 12.1 Å². The molecule has 4 heteroatoms. The number of benzene rings is 1. The van der Waals surface area contributed by atoms with E-state index in [4.69, 9.17) is 5.73 Å². The molecule has 1 fully saturated rings. The average Bonchev–Trinajstić information content (AvgIpc) is 2.72. The number of halogens is 2. The number of thioether (sulfide) groups is 1. The smallest absolute Gasteiger partial charge is 0.126 e. The molecule has 0 spiro atoms. The van der Waals surface area contributed by atoms with Gasteiger partial charge in [-0.1, -0.05) is 0 Å². The van der Waals surface area contributed by atoms with Crippen LogP contribution in [0.5, 0.6) is 0 Å². The molecule has 0 saturated carbocycles. The Morgan fingerprint density at radius 2 is 2.24 bits per heavy atom. The molecule has 1 aromatic carbocycles. The van der Waals surface area contributed by atoms with Crippen molar-refractivity contribution in [2.24, 2.45) is 5.73 Å². The highest BCUT2D eigenvalue weighted by atomic mass is 32.2. The molecule has 1 aliphatic heterocycles. The summed E-state index contributed by atoms with van der Waals surface area (Å²) in [5.41, 5.74) is 6.54. The van der Waals surface area contributed by atoms with Crippen LogP contribution in [0.1, 0.15) is 25.3 Å². The van der Waals surface area contributed by atoms with E-state index in [0.29, 0.717) is 12.0 Å². The van der Waals surface area contributed by atoms with Crippen molar-refractivity contribution in [3.63, 3.8) is 0 Å². The summed E-state index contributed by atoms with van der Waals surface area (Å²) < 4.78 is 26.6. The lowest BCUT2D eigenvalue weighted by Crippen LogP contribution is -2.43. The summed E-state index contributed by atoms with van der Waals surface area (Å²) in [6.07, 6.45) is 2.60. The molecule has 0 bridgehead atoms. The van der Waals surface area contributed by atoms with Crippen molar-refractivity contribution in [3.8, 4) is 0 Å². The van der Waals surface area contributed by atoms with E-state index < -0.39 is 5.82 Å². The molecule has 0 amide bonds. The van der Waals surface area contributed by atoms with Gasteiger partial charge in [0.1, 0.15) is 11.6 Å². The van der Waals surface area contributed by atoms with E-state index in [-0.39, 0.29) is 16.6 Å². The number of nitrogens with two attached hydrogens (primary N) is 1. The Bertz CT molecular complexity index is 402. The third kappa shape index (κ3) is 2.80. The average molecular weight is 257 g/mol. The summed E-state index contributed by atoms with van der Waals surface area (Å²) >= 11 is 1.84. The van der Waals surface area contributed by atoms with Gasteiger partial charge in [-0.15, -0.1) is 0 Å². The molecule has 1 aliphatic rings. The molecular weight excluding hydrogens is 240 g/mol. The highest BCUT2D eigenvalue weighted by Crippen LogP contribution is 2.40. The number of rotatable bonds is 3. The van der Waals surface area contributed by atoms with Gasteiger partial charge < -0.3 is 5.73 Å². The predicted molar refractivity (Wildman–Crippen MR) is 68.1 cm³/mol. The molecule has 1 heterocycles. The molecule has 1 nitrogen and oxygen atoms in total. The number of hydrogen-bond acceptors (Lipinski definition) is 2. The maximum Gasteiger partial charge on any atom is 0.126 e. The van der Waals surface area contributed by atoms with Gasteiger partial charge >= 0.3 is 0 Å². The standard InChI is InChI=1S/C13H17F2NS/c1-13(5-2-6-17-13)12(16)8-9-7-10(14)3-4-11(9)15/h3-4,7,12H,2,5-6,8,16H2,1H3. The summed E-state index contributed by atoms with van der Waals surface area (Å²) in [5.74, 6) is 0.335. The Morgan fingerprint density at radius 1 is 1.47 bits per heavy atom. The van der Waals surface area contributed by atoms with Gasteiger partial charge in [0.15, 0.2) is 0 Å². The third-order valence-electron chi connectivity index (χ3n) is 3.48. The first-order valence-corrected chi connectivity index (χ1v) is 6.83. The van der Waals surface area contributed by atoms with Crippen molar-refractivity contribution in [1.82, 2.24) is 0 Å². The monoisotopic (exact) mass is 257 g/mol. The van der Waals surface area contributed by atoms with Crippen LogP contribution in [0.15, 0.2) is 18.2 Å². The summed E-state index contributed by atoms with van der Waals surface area (Å²) in [6, 6.07) is 3.42. The molecule has 1 saturated heterocycles. The maximum absolute atomic E-state index is 13.5. The molecule has 2 atom stereocenters. The van der Waals surface area contributed by atoms with Crippen molar-refractivity contribution < 1.29 is 8.78 Å². The van der Waals surface area contributed by atoms with Crippen LogP contribution in [0.2, 0.25) is 0 Å². The Hall–Kier alpha value is -0.610. The van der Waals surface area contributed by atoms with E-state index in [9.17, 15) is 8.78 Å². The molecule has 17 heavy (non-hydrogen) atoms. The highest BCUT2D eigenvalue weighted by Gasteiger charge is 2.35. The first-order chi connectivity index (χ1) is 8.01. The van der Waals surface area contributed by atoms with E-state index in [1.54, 1.807) is 0 Å². The Morgan fingerprint density at radius 3 is 2.88 bits per heavy atom. The zero-order valence-corrected chi connectivity index (χ0v) is 10.7. The SMILES string of the molecule is CC1(C(N)Cc2cc(F)ccc2F)CCCS1. The molecule has 2 rings (SSSR count). The van der Waals surface area contributed by atoms with Crippen molar-refractivity contribution in [2.45, 2.75) is 37.0 Å². The summed E-state index contributed by atoms with van der Waals surface area (Å²) in [5, 5.41) is 0. The van der Waals surface area contributed by atoms with Crippen LogP contribution in [0.25, 0.3) is 0 Å². The molecular formula is C13H17F2NS. The van der Waals surface area contributed by atoms with Crippen LogP contribution < -0.4 is 5.73 Å². The molecule has 2 unspecified atom stereocenters. The number of hydrogen-bond donors (Lipinski definition) is 1.